The number of nitrogens with one attached hydrogen (secondary N) is 1. The van der Waals surface area contributed by atoms with Crippen LogP contribution in [0.5, 0.6) is 0 Å². The van der Waals surface area contributed by atoms with Crippen LogP contribution in [0.1, 0.15) is 17.3 Å². The van der Waals surface area contributed by atoms with Gasteiger partial charge in [-0.25, -0.2) is 0 Å². The SMILES string of the molecule is CC(=O)N1CCN(C(=O)c2c[nH]c3ccccc23)CC1. The highest BCUT2D eigenvalue weighted by Crippen LogP contribution is 2.20. The van der Waals surface area contributed by atoms with Crippen LogP contribution in [0.3, 0.4) is 0 Å². The third-order valence-electron chi connectivity index (χ3n) is 3.83. The molecule has 0 aliphatic carbocycles. The Bertz CT molecular complexity index is 654. The van der Waals surface area contributed by atoms with Crippen molar-refractivity contribution in [2.24, 2.45) is 0 Å². The largest absolute Gasteiger partial charge is 0.360 e. The van der Waals surface area contributed by atoms with E-state index in [1.54, 1.807) is 18.0 Å². The minimum Gasteiger partial charge on any atom is -0.360 e. The lowest BCUT2D eigenvalue weighted by atomic mass is 10.1. The number of aromatic nitrogens is 1. The highest BCUT2D eigenvalue weighted by atomic mass is 16.2. The number of piperazine rings is 1. The zero-order chi connectivity index (χ0) is 14.1. The zero-order valence-corrected chi connectivity index (χ0v) is 11.4. The molecule has 0 saturated carbocycles. The molecular weight excluding hydrogens is 254 g/mol. The summed E-state index contributed by atoms with van der Waals surface area (Å²) in [7, 11) is 0. The Morgan fingerprint density at radius 3 is 2.40 bits per heavy atom. The second-order valence-electron chi connectivity index (χ2n) is 5.05. The van der Waals surface area contributed by atoms with Crippen LogP contribution in [-0.4, -0.2) is 52.8 Å². The van der Waals surface area contributed by atoms with Crippen molar-refractivity contribution in [2.45, 2.75) is 6.92 Å². The first kappa shape index (κ1) is 12.7. The van der Waals surface area contributed by atoms with Crippen LogP contribution in [0.15, 0.2) is 30.5 Å². The molecule has 1 saturated heterocycles. The van der Waals surface area contributed by atoms with Crippen LogP contribution < -0.4 is 0 Å². The molecule has 1 aromatic carbocycles. The fraction of sp³-hybridized carbons (Fsp3) is 0.333. The standard InChI is InChI=1S/C15H17N3O2/c1-11(19)17-6-8-18(9-7-17)15(20)13-10-16-14-5-3-2-4-12(13)14/h2-5,10,16H,6-9H2,1H3. The molecular formula is C15H17N3O2. The van der Waals surface area contributed by atoms with Gasteiger partial charge < -0.3 is 14.8 Å². The van der Waals surface area contributed by atoms with Crippen molar-refractivity contribution in [1.29, 1.82) is 0 Å². The lowest BCUT2D eigenvalue weighted by Gasteiger charge is -2.34. The third-order valence-corrected chi connectivity index (χ3v) is 3.83. The first-order chi connectivity index (χ1) is 9.66. The number of nitrogens with zero attached hydrogens (tertiary/aromatic N) is 2. The number of carbonyl (C=O) groups is 2. The number of rotatable bonds is 1. The quantitative estimate of drug-likeness (QED) is 0.854. The first-order valence-electron chi connectivity index (χ1n) is 6.78. The Labute approximate surface area is 117 Å². The Morgan fingerprint density at radius 2 is 1.70 bits per heavy atom. The Morgan fingerprint density at radius 1 is 1.05 bits per heavy atom. The van der Waals surface area contributed by atoms with E-state index in [9.17, 15) is 9.59 Å². The number of carbonyl (C=O) groups excluding carboxylic acids is 2. The predicted octanol–water partition coefficient (Wildman–Crippen LogP) is 1.47. The van der Waals surface area contributed by atoms with Gasteiger partial charge in [-0.3, -0.25) is 9.59 Å². The molecule has 0 bridgehead atoms. The zero-order valence-electron chi connectivity index (χ0n) is 11.4. The van der Waals surface area contributed by atoms with Gasteiger partial charge in [0.2, 0.25) is 5.91 Å². The molecule has 0 unspecified atom stereocenters. The number of amides is 2. The molecule has 2 heterocycles. The van der Waals surface area contributed by atoms with Gasteiger partial charge >= 0.3 is 0 Å². The maximum Gasteiger partial charge on any atom is 0.256 e. The molecule has 5 heteroatoms. The topological polar surface area (TPSA) is 56.4 Å². The van der Waals surface area contributed by atoms with Gasteiger partial charge in [-0.05, 0) is 6.07 Å². The van der Waals surface area contributed by atoms with Crippen molar-refractivity contribution in [3.8, 4) is 0 Å². The molecule has 3 rings (SSSR count). The van der Waals surface area contributed by atoms with E-state index in [1.807, 2.05) is 29.2 Å². The summed E-state index contributed by atoms with van der Waals surface area (Å²) in [5.41, 5.74) is 1.68. The summed E-state index contributed by atoms with van der Waals surface area (Å²) in [6.45, 7) is 3.99. The van der Waals surface area contributed by atoms with Crippen LogP contribution >= 0.6 is 0 Å². The van der Waals surface area contributed by atoms with E-state index >= 15 is 0 Å². The van der Waals surface area contributed by atoms with Gasteiger partial charge in [0.25, 0.3) is 5.91 Å². The van der Waals surface area contributed by atoms with Gasteiger partial charge in [-0.1, -0.05) is 18.2 Å². The molecule has 1 aliphatic heterocycles. The summed E-state index contributed by atoms with van der Waals surface area (Å²) in [5.74, 6) is 0.106. The number of H-pyrrole nitrogens is 1. The van der Waals surface area contributed by atoms with Crippen molar-refractivity contribution in [1.82, 2.24) is 14.8 Å². The molecule has 2 aromatic rings. The highest BCUT2D eigenvalue weighted by molar-refractivity contribution is 6.06. The monoisotopic (exact) mass is 271 g/mol. The summed E-state index contributed by atoms with van der Waals surface area (Å²) in [4.78, 5) is 30.6. The highest BCUT2D eigenvalue weighted by Gasteiger charge is 2.24. The van der Waals surface area contributed by atoms with E-state index in [1.165, 1.54) is 0 Å². The molecule has 1 N–H and O–H groups in total. The van der Waals surface area contributed by atoms with E-state index in [4.69, 9.17) is 0 Å². The van der Waals surface area contributed by atoms with Crippen LogP contribution in [-0.2, 0) is 4.79 Å². The minimum absolute atomic E-state index is 0.0330. The molecule has 5 nitrogen and oxygen atoms in total. The minimum atomic E-state index is 0.0330. The number of fused-ring (bicyclic) bond motifs is 1. The van der Waals surface area contributed by atoms with Crippen molar-refractivity contribution < 1.29 is 9.59 Å². The van der Waals surface area contributed by atoms with Crippen molar-refractivity contribution >= 4 is 22.7 Å². The fourth-order valence-corrected chi connectivity index (χ4v) is 2.64. The van der Waals surface area contributed by atoms with Gasteiger partial charge in [0.05, 0.1) is 5.56 Å². The second-order valence-corrected chi connectivity index (χ2v) is 5.05. The first-order valence-corrected chi connectivity index (χ1v) is 6.78. The molecule has 2 amide bonds. The van der Waals surface area contributed by atoms with E-state index < -0.39 is 0 Å². The predicted molar refractivity (Wildman–Crippen MR) is 76.5 cm³/mol. The maximum absolute atomic E-state index is 12.6. The third kappa shape index (κ3) is 2.15. The molecule has 1 aromatic heterocycles. The Kier molecular flexibility index (Phi) is 3.18. The smallest absolute Gasteiger partial charge is 0.256 e. The summed E-state index contributed by atoms with van der Waals surface area (Å²) in [6, 6.07) is 7.78. The molecule has 0 atom stereocenters. The van der Waals surface area contributed by atoms with Crippen LogP contribution in [0, 0.1) is 0 Å². The number of hydrogen-bond donors (Lipinski definition) is 1. The lowest BCUT2D eigenvalue weighted by Crippen LogP contribution is -2.50. The molecule has 1 fully saturated rings. The molecule has 1 aliphatic rings. The summed E-state index contributed by atoms with van der Waals surface area (Å²) in [6.07, 6.45) is 1.77. The van der Waals surface area contributed by atoms with Crippen LogP contribution in [0.4, 0.5) is 0 Å². The van der Waals surface area contributed by atoms with Crippen LogP contribution in [0.2, 0.25) is 0 Å². The van der Waals surface area contributed by atoms with Crippen molar-refractivity contribution in [3.05, 3.63) is 36.0 Å². The van der Waals surface area contributed by atoms with Crippen LogP contribution in [0.25, 0.3) is 10.9 Å². The number of hydrogen-bond acceptors (Lipinski definition) is 2. The van der Waals surface area contributed by atoms with Gasteiger partial charge in [-0.15, -0.1) is 0 Å². The lowest BCUT2D eigenvalue weighted by molar-refractivity contribution is -0.130. The molecule has 0 radical (unpaired) electrons. The van der Waals surface area contributed by atoms with E-state index in [2.05, 4.69) is 4.98 Å². The fourth-order valence-electron chi connectivity index (χ4n) is 2.64. The normalized spacial score (nSPS) is 15.7. The summed E-state index contributed by atoms with van der Waals surface area (Å²) in [5, 5.41) is 0.950. The maximum atomic E-state index is 12.6. The number of para-hydroxylation sites is 1. The average molecular weight is 271 g/mol. The summed E-state index contributed by atoms with van der Waals surface area (Å²) < 4.78 is 0. The molecule has 20 heavy (non-hydrogen) atoms. The molecule has 104 valence electrons. The second kappa shape index (κ2) is 5.00. The van der Waals surface area contributed by atoms with Gasteiger partial charge in [0.15, 0.2) is 0 Å². The number of benzene rings is 1. The van der Waals surface area contributed by atoms with E-state index in [0.29, 0.717) is 31.7 Å². The van der Waals surface area contributed by atoms with E-state index in [-0.39, 0.29) is 11.8 Å². The summed E-state index contributed by atoms with van der Waals surface area (Å²) >= 11 is 0. The Balaban J connectivity index is 1.78. The van der Waals surface area contributed by atoms with Crippen molar-refractivity contribution in [3.63, 3.8) is 0 Å². The number of aromatic amines is 1. The van der Waals surface area contributed by atoms with Gasteiger partial charge in [0, 0.05) is 50.2 Å². The van der Waals surface area contributed by atoms with Gasteiger partial charge in [0.1, 0.15) is 0 Å². The average Bonchev–Trinajstić information content (AvgIpc) is 2.90. The Hall–Kier alpha value is -2.30. The van der Waals surface area contributed by atoms with E-state index in [0.717, 1.165) is 10.9 Å². The van der Waals surface area contributed by atoms with Crippen molar-refractivity contribution in [2.75, 3.05) is 26.2 Å². The molecule has 0 spiro atoms. The van der Waals surface area contributed by atoms with Gasteiger partial charge in [-0.2, -0.15) is 0 Å².